The minimum absolute atomic E-state index is 0.0104. The number of piperidine rings is 1. The van der Waals surface area contributed by atoms with Gasteiger partial charge in [0.25, 0.3) is 5.91 Å². The first kappa shape index (κ1) is 37.1. The molecule has 2 saturated heterocycles. The molecule has 2 aliphatic heterocycles. The van der Waals surface area contributed by atoms with Gasteiger partial charge >= 0.3 is 18.1 Å². The van der Waals surface area contributed by atoms with Crippen molar-refractivity contribution in [3.63, 3.8) is 0 Å². The number of halogens is 4. The molecular formula is C30H38F4N6O7. The zero-order valence-electron chi connectivity index (χ0n) is 26.0. The van der Waals surface area contributed by atoms with Crippen molar-refractivity contribution in [2.45, 2.75) is 45.3 Å². The molecule has 258 valence electrons. The van der Waals surface area contributed by atoms with E-state index in [1.54, 1.807) is 9.80 Å². The Morgan fingerprint density at radius 1 is 1.09 bits per heavy atom. The summed E-state index contributed by atoms with van der Waals surface area (Å²) in [5.74, 6) is -4.14. The number of nitrogens with one attached hydrogen (secondary N) is 1. The van der Waals surface area contributed by atoms with E-state index < -0.39 is 48.7 Å². The zero-order valence-corrected chi connectivity index (χ0v) is 26.0. The Labute approximate surface area is 268 Å². The first-order valence-corrected chi connectivity index (χ1v) is 15.0. The van der Waals surface area contributed by atoms with Gasteiger partial charge in [-0.3, -0.25) is 9.59 Å². The predicted molar refractivity (Wildman–Crippen MR) is 158 cm³/mol. The van der Waals surface area contributed by atoms with Gasteiger partial charge in [0.2, 0.25) is 5.91 Å². The van der Waals surface area contributed by atoms with Crippen LogP contribution in [-0.2, 0) is 25.5 Å². The SMILES string of the molecule is CC(C)CN(C(=O)c1nnn(-c2ccccc2F)c1CCC(F)(F)F)[C@@H]1CNC[C@H](C(=O)N2CCOCC2)C1.O=C(O)/C=C/C(=O)O. The number of aliphatic carboxylic acids is 2. The number of carbonyl (C=O) groups is 4. The number of carboxylic acid groups (broad SMARTS) is 2. The largest absolute Gasteiger partial charge is 0.478 e. The van der Waals surface area contributed by atoms with Crippen molar-refractivity contribution in [2.75, 3.05) is 45.9 Å². The fourth-order valence-corrected chi connectivity index (χ4v) is 5.23. The predicted octanol–water partition coefficient (Wildman–Crippen LogP) is 2.55. The second kappa shape index (κ2) is 17.0. The van der Waals surface area contributed by atoms with Crippen molar-refractivity contribution in [3.05, 3.63) is 53.6 Å². The summed E-state index contributed by atoms with van der Waals surface area (Å²) in [4.78, 5) is 49.5. The quantitative estimate of drug-likeness (QED) is 0.253. The lowest BCUT2D eigenvalue weighted by atomic mass is 9.92. The molecule has 2 aliphatic rings. The lowest BCUT2D eigenvalue weighted by molar-refractivity contribution is -0.141. The van der Waals surface area contributed by atoms with Gasteiger partial charge in [-0.2, -0.15) is 13.2 Å². The number of ether oxygens (including phenoxy) is 1. The van der Waals surface area contributed by atoms with Crippen LogP contribution < -0.4 is 5.32 Å². The van der Waals surface area contributed by atoms with Crippen LogP contribution in [0.4, 0.5) is 17.6 Å². The van der Waals surface area contributed by atoms with Crippen LogP contribution in [0.2, 0.25) is 0 Å². The number of amides is 2. The number of morpholine rings is 1. The summed E-state index contributed by atoms with van der Waals surface area (Å²) >= 11 is 0. The van der Waals surface area contributed by atoms with Gasteiger partial charge < -0.3 is 30.1 Å². The van der Waals surface area contributed by atoms with Crippen molar-refractivity contribution in [1.82, 2.24) is 30.1 Å². The summed E-state index contributed by atoms with van der Waals surface area (Å²) in [5.41, 5.74) is -0.446. The van der Waals surface area contributed by atoms with Gasteiger partial charge in [0.1, 0.15) is 11.5 Å². The Balaban J connectivity index is 0.000000665. The number of nitrogens with zero attached hydrogens (tertiary/aromatic N) is 5. The van der Waals surface area contributed by atoms with Crippen molar-refractivity contribution >= 4 is 23.8 Å². The number of carboxylic acids is 2. The topological polar surface area (TPSA) is 167 Å². The van der Waals surface area contributed by atoms with Crippen molar-refractivity contribution in [1.29, 1.82) is 0 Å². The van der Waals surface area contributed by atoms with Crippen LogP contribution in [0.25, 0.3) is 5.69 Å². The number of carbonyl (C=O) groups excluding carboxylic acids is 2. The summed E-state index contributed by atoms with van der Waals surface area (Å²) in [7, 11) is 0. The van der Waals surface area contributed by atoms with E-state index in [2.05, 4.69) is 15.6 Å². The average Bonchev–Trinajstić information content (AvgIpc) is 3.45. The molecule has 13 nitrogen and oxygen atoms in total. The highest BCUT2D eigenvalue weighted by atomic mass is 19.4. The summed E-state index contributed by atoms with van der Waals surface area (Å²) in [6, 6.07) is 5.12. The Kier molecular flexibility index (Phi) is 13.4. The molecule has 0 unspecified atom stereocenters. The molecule has 3 heterocycles. The standard InChI is InChI=1S/C26H34F4N6O3.C4H4O4/c1-17(2)16-35(19-13-18(14-31-15-19)24(37)34-9-11-39-12-10-34)25(38)23-22(7-8-26(28,29)30)36(33-32-23)21-6-4-3-5-20(21)27;5-3(6)1-2-4(7)8/h3-6,17-19,31H,7-16H2,1-2H3;1-2H,(H,5,6)(H,7,8)/b;2-1+/t18-,19+;/m1./s1. The van der Waals surface area contributed by atoms with E-state index in [1.807, 2.05) is 13.8 Å². The second-order valence-corrected chi connectivity index (χ2v) is 11.4. The van der Waals surface area contributed by atoms with Crippen molar-refractivity contribution < 1.29 is 51.7 Å². The van der Waals surface area contributed by atoms with E-state index in [9.17, 15) is 36.7 Å². The molecule has 2 aromatic rings. The van der Waals surface area contributed by atoms with Crippen LogP contribution in [-0.4, -0.2) is 117 Å². The number of aromatic nitrogens is 3. The number of para-hydroxylation sites is 1. The molecular weight excluding hydrogens is 632 g/mol. The van der Waals surface area contributed by atoms with Crippen LogP contribution in [0.1, 0.15) is 42.9 Å². The maximum atomic E-state index is 14.6. The summed E-state index contributed by atoms with van der Waals surface area (Å²) < 4.78 is 60.5. The summed E-state index contributed by atoms with van der Waals surface area (Å²) in [5, 5.41) is 26.7. The van der Waals surface area contributed by atoms with E-state index in [1.165, 1.54) is 18.2 Å². The lowest BCUT2D eigenvalue weighted by Gasteiger charge is -2.40. The monoisotopic (exact) mass is 670 g/mol. The van der Waals surface area contributed by atoms with Crippen LogP contribution >= 0.6 is 0 Å². The number of hydrogen-bond donors (Lipinski definition) is 3. The first-order valence-electron chi connectivity index (χ1n) is 15.0. The Hall–Kier alpha value is -4.38. The van der Waals surface area contributed by atoms with Crippen molar-refractivity contribution in [2.24, 2.45) is 11.8 Å². The maximum Gasteiger partial charge on any atom is 0.389 e. The molecule has 4 rings (SSSR count). The van der Waals surface area contributed by atoms with Gasteiger partial charge in [0, 0.05) is 63.8 Å². The van der Waals surface area contributed by atoms with Gasteiger partial charge in [-0.1, -0.05) is 31.2 Å². The fourth-order valence-electron chi connectivity index (χ4n) is 5.23. The number of benzene rings is 1. The highest BCUT2D eigenvalue weighted by molar-refractivity contribution is 5.94. The molecule has 2 amide bonds. The average molecular weight is 671 g/mol. The van der Waals surface area contributed by atoms with Crippen LogP contribution in [0.15, 0.2) is 36.4 Å². The Morgan fingerprint density at radius 3 is 2.30 bits per heavy atom. The van der Waals surface area contributed by atoms with Crippen LogP contribution in [0.3, 0.4) is 0 Å². The third kappa shape index (κ3) is 11.1. The van der Waals surface area contributed by atoms with Gasteiger partial charge in [-0.05, 0) is 24.5 Å². The Morgan fingerprint density at radius 2 is 1.72 bits per heavy atom. The Bertz CT molecular complexity index is 1410. The molecule has 0 bridgehead atoms. The van der Waals surface area contributed by atoms with E-state index in [4.69, 9.17) is 14.9 Å². The fraction of sp³-hybridized carbons (Fsp3) is 0.533. The first-order chi connectivity index (χ1) is 22.2. The second-order valence-electron chi connectivity index (χ2n) is 11.4. The smallest absolute Gasteiger partial charge is 0.389 e. The number of hydrogen-bond acceptors (Lipinski definition) is 8. The highest BCUT2D eigenvalue weighted by Crippen LogP contribution is 2.27. The molecule has 0 aliphatic carbocycles. The van der Waals surface area contributed by atoms with Crippen LogP contribution in [0.5, 0.6) is 0 Å². The number of rotatable bonds is 10. The maximum absolute atomic E-state index is 14.6. The van der Waals surface area contributed by atoms with E-state index in [0.717, 1.165) is 10.7 Å². The number of alkyl halides is 3. The van der Waals surface area contributed by atoms with Crippen LogP contribution in [0, 0.1) is 17.7 Å². The minimum Gasteiger partial charge on any atom is -0.478 e. The molecule has 17 heteroatoms. The van der Waals surface area contributed by atoms with E-state index in [-0.39, 0.29) is 34.8 Å². The van der Waals surface area contributed by atoms with Gasteiger partial charge in [-0.25, -0.2) is 18.7 Å². The summed E-state index contributed by atoms with van der Waals surface area (Å²) in [6.07, 6.45) is -4.79. The molecule has 47 heavy (non-hydrogen) atoms. The molecule has 2 atom stereocenters. The molecule has 3 N–H and O–H groups in total. The normalized spacial score (nSPS) is 18.5. The molecule has 2 fully saturated rings. The molecule has 0 radical (unpaired) electrons. The zero-order chi connectivity index (χ0) is 34.7. The van der Waals surface area contributed by atoms with Crippen molar-refractivity contribution in [3.8, 4) is 5.69 Å². The van der Waals surface area contributed by atoms with E-state index >= 15 is 0 Å². The molecule has 0 spiro atoms. The molecule has 1 aromatic carbocycles. The van der Waals surface area contributed by atoms with E-state index in [0.29, 0.717) is 64.5 Å². The molecule has 0 saturated carbocycles. The lowest BCUT2D eigenvalue weighted by Crippen LogP contribution is -2.56. The van der Waals surface area contributed by atoms with Gasteiger partial charge in [-0.15, -0.1) is 5.10 Å². The summed E-state index contributed by atoms with van der Waals surface area (Å²) in [6.45, 7) is 7.02. The highest BCUT2D eigenvalue weighted by Gasteiger charge is 2.38. The van der Waals surface area contributed by atoms with Gasteiger partial charge in [0.15, 0.2) is 5.69 Å². The third-order valence-electron chi connectivity index (χ3n) is 7.32. The van der Waals surface area contributed by atoms with Gasteiger partial charge in [0.05, 0.1) is 24.8 Å². The molecule has 1 aromatic heterocycles. The third-order valence-corrected chi connectivity index (χ3v) is 7.32. The minimum atomic E-state index is -4.50.